The van der Waals surface area contributed by atoms with Gasteiger partial charge in [0, 0.05) is 29.7 Å². The third-order valence-electron chi connectivity index (χ3n) is 5.59. The molecular formula is C23H23ClF4N4O3. The zero-order valence-electron chi connectivity index (χ0n) is 18.7. The van der Waals surface area contributed by atoms with Gasteiger partial charge in [0.15, 0.2) is 11.5 Å². The van der Waals surface area contributed by atoms with Gasteiger partial charge in [-0.1, -0.05) is 11.6 Å². The molecule has 7 nitrogen and oxygen atoms in total. The number of nitrogens with zero attached hydrogens (tertiary/aromatic N) is 2. The lowest BCUT2D eigenvalue weighted by Crippen LogP contribution is -2.27. The van der Waals surface area contributed by atoms with Crippen LogP contribution < -0.4 is 20.1 Å². The zero-order chi connectivity index (χ0) is 25.0. The molecular weight excluding hydrogens is 492 g/mol. The van der Waals surface area contributed by atoms with Crippen molar-refractivity contribution in [2.24, 2.45) is 5.92 Å². The molecule has 1 aromatic heterocycles. The molecule has 12 heteroatoms. The molecule has 0 aliphatic carbocycles. The number of alkyl halides is 3. The summed E-state index contributed by atoms with van der Waals surface area (Å²) in [6.45, 7) is 0.402. The van der Waals surface area contributed by atoms with Crippen LogP contribution in [0.25, 0.3) is 10.9 Å². The first-order valence-corrected chi connectivity index (χ1v) is 11.2. The Morgan fingerprint density at radius 1 is 1.14 bits per heavy atom. The number of aromatic nitrogens is 2. The average molecular weight is 515 g/mol. The van der Waals surface area contributed by atoms with Crippen LogP contribution in [0.2, 0.25) is 5.02 Å². The van der Waals surface area contributed by atoms with Crippen LogP contribution in [-0.4, -0.2) is 55.7 Å². The smallest absolute Gasteiger partial charge is 0.393 e. The van der Waals surface area contributed by atoms with E-state index >= 15 is 0 Å². The molecule has 1 fully saturated rings. The number of benzene rings is 2. The third kappa shape index (κ3) is 6.22. The molecule has 0 spiro atoms. The van der Waals surface area contributed by atoms with E-state index in [1.807, 2.05) is 0 Å². The molecule has 0 saturated carbocycles. The largest absolute Gasteiger partial charge is 0.493 e. The fraction of sp³-hybridized carbons (Fsp3) is 0.391. The molecule has 1 aliphatic rings. The van der Waals surface area contributed by atoms with Gasteiger partial charge in [0.1, 0.15) is 24.6 Å². The van der Waals surface area contributed by atoms with Gasteiger partial charge in [-0.25, -0.2) is 14.4 Å². The van der Waals surface area contributed by atoms with Crippen molar-refractivity contribution >= 4 is 34.0 Å². The molecule has 1 aliphatic heterocycles. The maximum atomic E-state index is 13.5. The molecule has 4 rings (SSSR count). The van der Waals surface area contributed by atoms with E-state index in [0.717, 1.165) is 0 Å². The first-order chi connectivity index (χ1) is 16.7. The minimum atomic E-state index is -4.20. The molecule has 0 radical (unpaired) electrons. The van der Waals surface area contributed by atoms with Gasteiger partial charge in [0.05, 0.1) is 36.8 Å². The van der Waals surface area contributed by atoms with E-state index in [-0.39, 0.29) is 43.9 Å². The second kappa shape index (κ2) is 10.8. The van der Waals surface area contributed by atoms with Crippen LogP contribution in [0.5, 0.6) is 11.5 Å². The van der Waals surface area contributed by atoms with Crippen molar-refractivity contribution in [2.75, 3.05) is 38.8 Å². The van der Waals surface area contributed by atoms with Crippen molar-refractivity contribution in [3.8, 4) is 11.5 Å². The molecule has 188 valence electrons. The molecule has 0 bridgehead atoms. The highest BCUT2D eigenvalue weighted by Gasteiger charge is 2.43. The van der Waals surface area contributed by atoms with Gasteiger partial charge in [-0.3, -0.25) is 0 Å². The maximum Gasteiger partial charge on any atom is 0.393 e. The van der Waals surface area contributed by atoms with E-state index in [4.69, 9.17) is 25.8 Å². The quantitative estimate of drug-likeness (QED) is 0.303. The lowest BCUT2D eigenvalue weighted by molar-refractivity contribution is -0.169. The fourth-order valence-electron chi connectivity index (χ4n) is 3.78. The van der Waals surface area contributed by atoms with Gasteiger partial charge in [0.25, 0.3) is 0 Å². The molecule has 0 unspecified atom stereocenters. The molecule has 1 saturated heterocycles. The SMILES string of the molecule is COc1cc2ncnc(Nc3ccc(F)c(Cl)c3)c2cc1OCCOC[C@@H]1C[C@@H](C(F)(F)F)CN1. The normalized spacial score (nSPS) is 18.1. The summed E-state index contributed by atoms with van der Waals surface area (Å²) in [5.74, 6) is -0.568. The Labute approximate surface area is 203 Å². The average Bonchev–Trinajstić information content (AvgIpc) is 3.31. The molecule has 2 N–H and O–H groups in total. The Morgan fingerprint density at radius 2 is 1.97 bits per heavy atom. The molecule has 0 amide bonds. The van der Waals surface area contributed by atoms with E-state index in [1.54, 1.807) is 12.1 Å². The van der Waals surface area contributed by atoms with Crippen molar-refractivity contribution in [1.29, 1.82) is 0 Å². The number of methoxy groups -OCH3 is 1. The standard InChI is InChI=1S/C23H23ClF4N4O3/c1-33-20-9-19-16(22(31-12-30-19)32-14-2-3-18(25)17(24)7-14)8-21(20)35-5-4-34-11-15-6-13(10-29-15)23(26,27)28/h2-3,7-9,12-13,15,29H,4-6,10-11H2,1H3,(H,30,31,32)/t13-,15+/m1/s1. The van der Waals surface area contributed by atoms with Crippen LogP contribution in [0.4, 0.5) is 29.1 Å². The number of fused-ring (bicyclic) bond motifs is 1. The van der Waals surface area contributed by atoms with Crippen LogP contribution in [0.1, 0.15) is 6.42 Å². The lowest BCUT2D eigenvalue weighted by atomic mass is 10.1. The van der Waals surface area contributed by atoms with Crippen molar-refractivity contribution in [3.63, 3.8) is 0 Å². The fourth-order valence-corrected chi connectivity index (χ4v) is 3.96. The second-order valence-corrected chi connectivity index (χ2v) is 8.41. The zero-order valence-corrected chi connectivity index (χ0v) is 19.4. The van der Waals surface area contributed by atoms with E-state index in [1.165, 1.54) is 31.6 Å². The highest BCUT2D eigenvalue weighted by Crippen LogP contribution is 2.35. The summed E-state index contributed by atoms with van der Waals surface area (Å²) < 4.78 is 68.6. The first-order valence-electron chi connectivity index (χ1n) is 10.8. The van der Waals surface area contributed by atoms with Crippen LogP contribution in [0.3, 0.4) is 0 Å². The molecule has 2 heterocycles. The summed E-state index contributed by atoms with van der Waals surface area (Å²) in [5, 5.41) is 6.52. The number of nitrogens with one attached hydrogen (secondary N) is 2. The van der Waals surface area contributed by atoms with Crippen LogP contribution in [0.15, 0.2) is 36.7 Å². The van der Waals surface area contributed by atoms with Gasteiger partial charge in [-0.2, -0.15) is 13.2 Å². The summed E-state index contributed by atoms with van der Waals surface area (Å²) in [6.07, 6.45) is -2.82. The third-order valence-corrected chi connectivity index (χ3v) is 5.88. The monoisotopic (exact) mass is 514 g/mol. The lowest BCUT2D eigenvalue weighted by Gasteiger charge is -2.15. The predicted octanol–water partition coefficient (Wildman–Crippen LogP) is 5.11. The Hall–Kier alpha value is -2.89. The van der Waals surface area contributed by atoms with E-state index in [2.05, 4.69) is 20.6 Å². The Morgan fingerprint density at radius 3 is 2.69 bits per heavy atom. The number of hydrogen-bond donors (Lipinski definition) is 2. The molecule has 35 heavy (non-hydrogen) atoms. The summed E-state index contributed by atoms with van der Waals surface area (Å²) in [4.78, 5) is 8.52. The van der Waals surface area contributed by atoms with Crippen LogP contribution in [-0.2, 0) is 4.74 Å². The second-order valence-electron chi connectivity index (χ2n) is 8.00. The predicted molar refractivity (Wildman–Crippen MR) is 123 cm³/mol. The Bertz CT molecular complexity index is 1180. The summed E-state index contributed by atoms with van der Waals surface area (Å²) in [6, 6.07) is 7.27. The van der Waals surface area contributed by atoms with Crippen LogP contribution in [0, 0.1) is 11.7 Å². The maximum absolute atomic E-state index is 13.5. The topological polar surface area (TPSA) is 77.5 Å². The van der Waals surface area contributed by atoms with E-state index < -0.39 is 17.9 Å². The Balaban J connectivity index is 1.39. The van der Waals surface area contributed by atoms with Crippen molar-refractivity contribution in [3.05, 3.63) is 47.5 Å². The summed E-state index contributed by atoms with van der Waals surface area (Å²) in [7, 11) is 1.49. The number of anilines is 2. The summed E-state index contributed by atoms with van der Waals surface area (Å²) in [5.41, 5.74) is 1.12. The van der Waals surface area contributed by atoms with Gasteiger partial charge in [-0.15, -0.1) is 0 Å². The van der Waals surface area contributed by atoms with E-state index in [0.29, 0.717) is 33.9 Å². The number of hydrogen-bond acceptors (Lipinski definition) is 7. The molecule has 3 aromatic rings. The van der Waals surface area contributed by atoms with Gasteiger partial charge in [0.2, 0.25) is 0 Å². The molecule has 2 atom stereocenters. The number of rotatable bonds is 9. The minimum Gasteiger partial charge on any atom is -0.493 e. The number of halogens is 5. The van der Waals surface area contributed by atoms with Crippen molar-refractivity contribution in [1.82, 2.24) is 15.3 Å². The molecule has 2 aromatic carbocycles. The van der Waals surface area contributed by atoms with Crippen LogP contribution >= 0.6 is 11.6 Å². The minimum absolute atomic E-state index is 0.00208. The van der Waals surface area contributed by atoms with Gasteiger partial charge in [-0.05, 0) is 30.7 Å². The van der Waals surface area contributed by atoms with E-state index in [9.17, 15) is 17.6 Å². The first kappa shape index (κ1) is 25.2. The van der Waals surface area contributed by atoms with Crippen molar-refractivity contribution in [2.45, 2.75) is 18.6 Å². The van der Waals surface area contributed by atoms with Gasteiger partial charge < -0.3 is 24.8 Å². The van der Waals surface area contributed by atoms with Crippen molar-refractivity contribution < 1.29 is 31.8 Å². The highest BCUT2D eigenvalue weighted by atomic mass is 35.5. The van der Waals surface area contributed by atoms with Gasteiger partial charge >= 0.3 is 6.18 Å². The Kier molecular flexibility index (Phi) is 7.78. The summed E-state index contributed by atoms with van der Waals surface area (Å²) >= 11 is 5.86. The highest BCUT2D eigenvalue weighted by molar-refractivity contribution is 6.31. The number of ether oxygens (including phenoxy) is 3.